The van der Waals surface area contributed by atoms with Gasteiger partial charge in [-0.2, -0.15) is 0 Å². The SMILES string of the molecule is NC1CCN(C(=O)Cc2c[nH]c3ncccc23)CC1. The predicted molar refractivity (Wildman–Crippen MR) is 73.6 cm³/mol. The minimum atomic E-state index is 0.177. The maximum atomic E-state index is 12.3. The van der Waals surface area contributed by atoms with Crippen LogP contribution >= 0.6 is 0 Å². The third kappa shape index (κ3) is 2.46. The Morgan fingerprint density at radius 1 is 1.47 bits per heavy atom. The highest BCUT2D eigenvalue weighted by Crippen LogP contribution is 2.18. The van der Waals surface area contributed by atoms with Crippen LogP contribution in [0.25, 0.3) is 11.0 Å². The van der Waals surface area contributed by atoms with Crippen molar-refractivity contribution in [2.45, 2.75) is 25.3 Å². The Hall–Kier alpha value is -1.88. The molecule has 3 N–H and O–H groups in total. The first kappa shape index (κ1) is 12.2. The lowest BCUT2D eigenvalue weighted by atomic mass is 10.0. The quantitative estimate of drug-likeness (QED) is 0.845. The summed E-state index contributed by atoms with van der Waals surface area (Å²) in [4.78, 5) is 21.5. The maximum Gasteiger partial charge on any atom is 0.227 e. The lowest BCUT2D eigenvalue weighted by Crippen LogP contribution is -2.43. The molecular formula is C14H18N4O. The third-order valence-corrected chi connectivity index (χ3v) is 3.77. The van der Waals surface area contributed by atoms with Crippen LogP contribution in [0.4, 0.5) is 0 Å². The number of likely N-dealkylation sites (tertiary alicyclic amines) is 1. The van der Waals surface area contributed by atoms with E-state index in [1.54, 1.807) is 6.20 Å². The summed E-state index contributed by atoms with van der Waals surface area (Å²) >= 11 is 0. The lowest BCUT2D eigenvalue weighted by Gasteiger charge is -2.30. The smallest absolute Gasteiger partial charge is 0.227 e. The molecule has 5 heteroatoms. The molecule has 0 aromatic carbocycles. The van der Waals surface area contributed by atoms with Gasteiger partial charge in [0.25, 0.3) is 0 Å². The van der Waals surface area contributed by atoms with Gasteiger partial charge in [-0.1, -0.05) is 0 Å². The molecule has 2 aromatic heterocycles. The molecule has 0 bridgehead atoms. The van der Waals surface area contributed by atoms with Crippen LogP contribution < -0.4 is 5.73 Å². The minimum absolute atomic E-state index is 0.177. The van der Waals surface area contributed by atoms with Crippen molar-refractivity contribution in [3.63, 3.8) is 0 Å². The number of H-pyrrole nitrogens is 1. The number of aromatic nitrogens is 2. The molecule has 1 saturated heterocycles. The predicted octanol–water partition coefficient (Wildman–Crippen LogP) is 1.06. The van der Waals surface area contributed by atoms with Crippen LogP contribution in [0.15, 0.2) is 24.5 Å². The van der Waals surface area contributed by atoms with E-state index in [9.17, 15) is 4.79 Å². The molecule has 100 valence electrons. The molecule has 3 heterocycles. The normalized spacial score (nSPS) is 17.0. The number of rotatable bonds is 2. The monoisotopic (exact) mass is 258 g/mol. The summed E-state index contributed by atoms with van der Waals surface area (Å²) < 4.78 is 0. The molecule has 3 rings (SSSR count). The van der Waals surface area contributed by atoms with E-state index in [0.29, 0.717) is 6.42 Å². The van der Waals surface area contributed by atoms with E-state index in [0.717, 1.165) is 42.5 Å². The van der Waals surface area contributed by atoms with Gasteiger partial charge in [0.05, 0.1) is 6.42 Å². The summed E-state index contributed by atoms with van der Waals surface area (Å²) in [5.74, 6) is 0.177. The highest BCUT2D eigenvalue weighted by atomic mass is 16.2. The van der Waals surface area contributed by atoms with E-state index in [-0.39, 0.29) is 11.9 Å². The second-order valence-corrected chi connectivity index (χ2v) is 5.11. The first-order valence-corrected chi connectivity index (χ1v) is 6.68. The zero-order chi connectivity index (χ0) is 13.2. The van der Waals surface area contributed by atoms with Gasteiger partial charge in [-0.3, -0.25) is 4.79 Å². The fourth-order valence-electron chi connectivity index (χ4n) is 2.58. The molecule has 1 aliphatic heterocycles. The van der Waals surface area contributed by atoms with Crippen LogP contribution in [0.2, 0.25) is 0 Å². The van der Waals surface area contributed by atoms with E-state index in [2.05, 4.69) is 9.97 Å². The largest absolute Gasteiger partial charge is 0.346 e. The first-order valence-electron chi connectivity index (χ1n) is 6.68. The Kier molecular flexibility index (Phi) is 3.21. The number of carbonyl (C=O) groups is 1. The molecule has 1 amide bonds. The van der Waals surface area contributed by atoms with Gasteiger partial charge >= 0.3 is 0 Å². The van der Waals surface area contributed by atoms with Crippen LogP contribution in [0.3, 0.4) is 0 Å². The number of nitrogens with one attached hydrogen (secondary N) is 1. The van der Waals surface area contributed by atoms with Gasteiger partial charge in [0.2, 0.25) is 5.91 Å². The number of hydrogen-bond donors (Lipinski definition) is 2. The van der Waals surface area contributed by atoms with Crippen molar-refractivity contribution in [2.75, 3.05) is 13.1 Å². The molecule has 1 aliphatic rings. The number of pyridine rings is 1. The molecule has 0 radical (unpaired) electrons. The first-order chi connectivity index (χ1) is 9.24. The molecule has 0 spiro atoms. The number of nitrogens with zero attached hydrogens (tertiary/aromatic N) is 2. The molecule has 2 aromatic rings. The van der Waals surface area contributed by atoms with Crippen molar-refractivity contribution < 1.29 is 4.79 Å². The van der Waals surface area contributed by atoms with Gasteiger partial charge in [-0.05, 0) is 30.5 Å². The Balaban J connectivity index is 1.72. The van der Waals surface area contributed by atoms with E-state index in [1.807, 2.05) is 23.2 Å². The van der Waals surface area contributed by atoms with Gasteiger partial charge in [0.15, 0.2) is 0 Å². The summed E-state index contributed by atoms with van der Waals surface area (Å²) in [5, 5.41) is 1.03. The van der Waals surface area contributed by atoms with Gasteiger partial charge in [0, 0.05) is 36.9 Å². The summed E-state index contributed by atoms with van der Waals surface area (Å²) in [7, 11) is 0. The molecule has 0 aliphatic carbocycles. The molecule has 5 nitrogen and oxygen atoms in total. The lowest BCUT2D eigenvalue weighted by molar-refractivity contribution is -0.131. The summed E-state index contributed by atoms with van der Waals surface area (Å²) in [6.07, 6.45) is 5.87. The van der Waals surface area contributed by atoms with Crippen molar-refractivity contribution >= 4 is 16.9 Å². The number of amides is 1. The average Bonchev–Trinajstić information content (AvgIpc) is 2.83. The van der Waals surface area contributed by atoms with Crippen molar-refractivity contribution in [3.8, 4) is 0 Å². The number of aromatic amines is 1. The highest BCUT2D eigenvalue weighted by molar-refractivity contribution is 5.87. The van der Waals surface area contributed by atoms with Gasteiger partial charge in [-0.15, -0.1) is 0 Å². The number of nitrogens with two attached hydrogens (primary N) is 1. The summed E-state index contributed by atoms with van der Waals surface area (Å²) in [5.41, 5.74) is 7.71. The van der Waals surface area contributed by atoms with Gasteiger partial charge < -0.3 is 15.6 Å². The second-order valence-electron chi connectivity index (χ2n) is 5.11. The van der Waals surface area contributed by atoms with Crippen LogP contribution in [-0.4, -0.2) is 39.9 Å². The third-order valence-electron chi connectivity index (χ3n) is 3.77. The summed E-state index contributed by atoms with van der Waals surface area (Å²) in [6, 6.07) is 4.14. The van der Waals surface area contributed by atoms with Crippen LogP contribution in [0, 0.1) is 0 Å². The minimum Gasteiger partial charge on any atom is -0.346 e. The van der Waals surface area contributed by atoms with Crippen LogP contribution in [0.1, 0.15) is 18.4 Å². The number of hydrogen-bond acceptors (Lipinski definition) is 3. The van der Waals surface area contributed by atoms with Crippen molar-refractivity contribution in [2.24, 2.45) is 5.73 Å². The van der Waals surface area contributed by atoms with E-state index >= 15 is 0 Å². The summed E-state index contributed by atoms with van der Waals surface area (Å²) in [6.45, 7) is 1.56. The fourth-order valence-corrected chi connectivity index (χ4v) is 2.58. The molecule has 0 saturated carbocycles. The molecule has 19 heavy (non-hydrogen) atoms. The van der Waals surface area contributed by atoms with E-state index in [4.69, 9.17) is 5.73 Å². The standard InChI is InChI=1S/C14H18N4O/c15-11-3-6-18(7-4-11)13(19)8-10-9-17-14-12(10)2-1-5-16-14/h1-2,5,9,11H,3-4,6-8,15H2,(H,16,17). The zero-order valence-corrected chi connectivity index (χ0v) is 10.8. The van der Waals surface area contributed by atoms with Crippen molar-refractivity contribution in [1.29, 1.82) is 0 Å². The van der Waals surface area contributed by atoms with Crippen molar-refractivity contribution in [3.05, 3.63) is 30.1 Å². The number of piperidine rings is 1. The topological polar surface area (TPSA) is 75.0 Å². The molecular weight excluding hydrogens is 240 g/mol. The van der Waals surface area contributed by atoms with Crippen molar-refractivity contribution in [1.82, 2.24) is 14.9 Å². The molecule has 0 atom stereocenters. The Morgan fingerprint density at radius 2 is 2.26 bits per heavy atom. The van der Waals surface area contributed by atoms with Gasteiger partial charge in [-0.25, -0.2) is 4.98 Å². The van der Waals surface area contributed by atoms with Gasteiger partial charge in [0.1, 0.15) is 5.65 Å². The van der Waals surface area contributed by atoms with Crippen LogP contribution in [-0.2, 0) is 11.2 Å². The Bertz CT molecular complexity index is 584. The fraction of sp³-hybridized carbons (Fsp3) is 0.429. The molecule has 1 fully saturated rings. The van der Waals surface area contributed by atoms with E-state index < -0.39 is 0 Å². The maximum absolute atomic E-state index is 12.3. The molecule has 0 unspecified atom stereocenters. The highest BCUT2D eigenvalue weighted by Gasteiger charge is 2.21. The second kappa shape index (κ2) is 5.01. The van der Waals surface area contributed by atoms with Crippen LogP contribution in [0.5, 0.6) is 0 Å². The number of fused-ring (bicyclic) bond motifs is 1. The Morgan fingerprint density at radius 3 is 3.05 bits per heavy atom. The number of carbonyl (C=O) groups excluding carboxylic acids is 1. The van der Waals surface area contributed by atoms with E-state index in [1.165, 1.54) is 0 Å². The average molecular weight is 258 g/mol. The Labute approximate surface area is 111 Å². The zero-order valence-electron chi connectivity index (χ0n) is 10.8.